The third-order valence-electron chi connectivity index (χ3n) is 2.91. The Morgan fingerprint density at radius 3 is 3.00 bits per heavy atom. The van der Waals surface area contributed by atoms with Gasteiger partial charge in [-0.05, 0) is 18.4 Å². The molecule has 1 saturated carbocycles. The van der Waals surface area contributed by atoms with Crippen LogP contribution in [0.2, 0.25) is 0 Å². The first-order chi connectivity index (χ1) is 7.75. The topological polar surface area (TPSA) is 72.0 Å². The lowest BCUT2D eigenvalue weighted by molar-refractivity contribution is 0.416. The maximum Gasteiger partial charge on any atom is 0.261 e. The lowest BCUT2D eigenvalue weighted by Crippen LogP contribution is -1.85. The summed E-state index contributed by atoms with van der Waals surface area (Å²) in [6, 6.07) is 1.66. The minimum Gasteiger partial charge on any atom is -0.505 e. The van der Waals surface area contributed by atoms with E-state index in [1.807, 2.05) is 0 Å². The molecule has 2 aromatic rings. The van der Waals surface area contributed by atoms with Gasteiger partial charge in [0.05, 0.1) is 11.8 Å². The van der Waals surface area contributed by atoms with Gasteiger partial charge in [-0.15, -0.1) is 0 Å². The molecule has 0 aliphatic heterocycles. The SMILES string of the molecule is CC1CC1c1noc(-c2ccncc2O)n1. The van der Waals surface area contributed by atoms with E-state index in [0.29, 0.717) is 23.3 Å². The Balaban J connectivity index is 1.95. The number of rotatable bonds is 2. The van der Waals surface area contributed by atoms with Crippen LogP contribution in [0.25, 0.3) is 11.5 Å². The van der Waals surface area contributed by atoms with Gasteiger partial charge in [0.1, 0.15) is 5.75 Å². The number of hydrogen-bond acceptors (Lipinski definition) is 5. The van der Waals surface area contributed by atoms with Gasteiger partial charge >= 0.3 is 0 Å². The van der Waals surface area contributed by atoms with Crippen LogP contribution in [0.3, 0.4) is 0 Å². The maximum atomic E-state index is 9.59. The number of pyridine rings is 1. The van der Waals surface area contributed by atoms with Gasteiger partial charge in [-0.3, -0.25) is 4.98 Å². The predicted octanol–water partition coefficient (Wildman–Crippen LogP) is 1.96. The molecule has 1 N–H and O–H groups in total. The van der Waals surface area contributed by atoms with Gasteiger partial charge in [-0.25, -0.2) is 0 Å². The molecule has 0 saturated heterocycles. The molecule has 2 unspecified atom stereocenters. The van der Waals surface area contributed by atoms with Crippen molar-refractivity contribution in [1.29, 1.82) is 0 Å². The summed E-state index contributed by atoms with van der Waals surface area (Å²) in [5.41, 5.74) is 0.530. The molecule has 0 aromatic carbocycles. The van der Waals surface area contributed by atoms with Crippen molar-refractivity contribution in [3.8, 4) is 17.2 Å². The molecule has 0 radical (unpaired) electrons. The summed E-state index contributed by atoms with van der Waals surface area (Å²) < 4.78 is 5.13. The van der Waals surface area contributed by atoms with E-state index in [1.54, 1.807) is 12.3 Å². The van der Waals surface area contributed by atoms with Crippen molar-refractivity contribution in [2.24, 2.45) is 5.92 Å². The van der Waals surface area contributed by atoms with Gasteiger partial charge in [0.15, 0.2) is 5.82 Å². The number of hydrogen-bond donors (Lipinski definition) is 1. The van der Waals surface area contributed by atoms with E-state index in [4.69, 9.17) is 4.52 Å². The molecule has 0 spiro atoms. The highest BCUT2D eigenvalue weighted by molar-refractivity contribution is 5.60. The Kier molecular flexibility index (Phi) is 1.92. The van der Waals surface area contributed by atoms with Gasteiger partial charge in [0.2, 0.25) is 0 Å². The summed E-state index contributed by atoms with van der Waals surface area (Å²) in [7, 11) is 0. The molecule has 5 nitrogen and oxygen atoms in total. The molecule has 2 heterocycles. The van der Waals surface area contributed by atoms with Gasteiger partial charge in [0.25, 0.3) is 5.89 Å². The van der Waals surface area contributed by atoms with Gasteiger partial charge < -0.3 is 9.63 Å². The van der Waals surface area contributed by atoms with Crippen LogP contribution in [-0.4, -0.2) is 20.2 Å². The van der Waals surface area contributed by atoms with E-state index in [9.17, 15) is 5.11 Å². The largest absolute Gasteiger partial charge is 0.505 e. The molecular weight excluding hydrogens is 206 g/mol. The van der Waals surface area contributed by atoms with E-state index in [0.717, 1.165) is 12.2 Å². The second-order valence-corrected chi connectivity index (χ2v) is 4.17. The van der Waals surface area contributed by atoms with Crippen LogP contribution in [0.5, 0.6) is 5.75 Å². The Morgan fingerprint density at radius 1 is 1.50 bits per heavy atom. The quantitative estimate of drug-likeness (QED) is 0.832. The van der Waals surface area contributed by atoms with Crippen LogP contribution in [0.4, 0.5) is 0 Å². The summed E-state index contributed by atoms with van der Waals surface area (Å²) in [4.78, 5) is 8.09. The van der Waals surface area contributed by atoms with Crippen molar-refractivity contribution in [2.75, 3.05) is 0 Å². The van der Waals surface area contributed by atoms with E-state index in [2.05, 4.69) is 22.0 Å². The van der Waals surface area contributed by atoms with Crippen molar-refractivity contribution < 1.29 is 9.63 Å². The molecule has 16 heavy (non-hydrogen) atoms. The standard InChI is InChI=1S/C11H11N3O2/c1-6-4-8(6)10-13-11(16-14-10)7-2-3-12-5-9(7)15/h2-3,5-6,8,15H,4H2,1H3. The fourth-order valence-corrected chi connectivity index (χ4v) is 1.74. The van der Waals surface area contributed by atoms with Crippen LogP contribution < -0.4 is 0 Å². The third-order valence-corrected chi connectivity index (χ3v) is 2.91. The highest BCUT2D eigenvalue weighted by Crippen LogP contribution is 2.46. The van der Waals surface area contributed by atoms with Crippen molar-refractivity contribution in [3.63, 3.8) is 0 Å². The monoisotopic (exact) mass is 217 g/mol. The Bertz CT molecular complexity index is 523. The van der Waals surface area contributed by atoms with Crippen molar-refractivity contribution >= 4 is 0 Å². The minimum atomic E-state index is 0.0570. The zero-order valence-electron chi connectivity index (χ0n) is 8.79. The van der Waals surface area contributed by atoms with Crippen LogP contribution in [-0.2, 0) is 0 Å². The van der Waals surface area contributed by atoms with E-state index in [1.165, 1.54) is 6.20 Å². The first-order valence-corrected chi connectivity index (χ1v) is 5.22. The number of aromatic hydroxyl groups is 1. The molecular formula is C11H11N3O2. The number of aromatic nitrogens is 3. The van der Waals surface area contributed by atoms with E-state index in [-0.39, 0.29) is 5.75 Å². The second-order valence-electron chi connectivity index (χ2n) is 4.17. The summed E-state index contributed by atoms with van der Waals surface area (Å²) in [6.07, 6.45) is 4.05. The molecule has 1 fully saturated rings. The van der Waals surface area contributed by atoms with Crippen LogP contribution in [0, 0.1) is 5.92 Å². The fraction of sp³-hybridized carbons (Fsp3) is 0.364. The summed E-state index contributed by atoms with van der Waals surface area (Å²) >= 11 is 0. The Hall–Kier alpha value is -1.91. The average Bonchev–Trinajstić information content (AvgIpc) is 2.82. The van der Waals surface area contributed by atoms with E-state index >= 15 is 0 Å². The van der Waals surface area contributed by atoms with E-state index < -0.39 is 0 Å². The summed E-state index contributed by atoms with van der Waals surface area (Å²) in [5.74, 6) is 2.20. The third kappa shape index (κ3) is 1.44. The van der Waals surface area contributed by atoms with Gasteiger partial charge in [0, 0.05) is 12.1 Å². The first-order valence-electron chi connectivity index (χ1n) is 5.22. The van der Waals surface area contributed by atoms with Crippen LogP contribution in [0.1, 0.15) is 25.1 Å². The average molecular weight is 217 g/mol. The molecule has 3 rings (SSSR count). The molecule has 82 valence electrons. The lowest BCUT2D eigenvalue weighted by atomic mass is 10.2. The molecule has 2 atom stereocenters. The van der Waals surface area contributed by atoms with Crippen LogP contribution >= 0.6 is 0 Å². The molecule has 5 heteroatoms. The highest BCUT2D eigenvalue weighted by Gasteiger charge is 2.38. The second kappa shape index (κ2) is 3.30. The van der Waals surface area contributed by atoms with Gasteiger partial charge in [-0.1, -0.05) is 12.1 Å². The van der Waals surface area contributed by atoms with Crippen molar-refractivity contribution in [3.05, 3.63) is 24.3 Å². The zero-order chi connectivity index (χ0) is 11.1. The summed E-state index contributed by atoms with van der Waals surface area (Å²) in [6.45, 7) is 2.16. The first kappa shape index (κ1) is 9.33. The van der Waals surface area contributed by atoms with Crippen molar-refractivity contribution in [1.82, 2.24) is 15.1 Å². The maximum absolute atomic E-state index is 9.59. The Morgan fingerprint density at radius 2 is 2.31 bits per heavy atom. The molecule has 2 aromatic heterocycles. The number of nitrogens with zero attached hydrogens (tertiary/aromatic N) is 3. The van der Waals surface area contributed by atoms with Gasteiger partial charge in [-0.2, -0.15) is 4.98 Å². The lowest BCUT2D eigenvalue weighted by Gasteiger charge is -1.95. The molecule has 1 aliphatic rings. The Labute approximate surface area is 92.1 Å². The van der Waals surface area contributed by atoms with Crippen LogP contribution in [0.15, 0.2) is 23.0 Å². The molecule has 0 bridgehead atoms. The molecule has 1 aliphatic carbocycles. The predicted molar refractivity (Wildman–Crippen MR) is 55.7 cm³/mol. The molecule has 0 amide bonds. The minimum absolute atomic E-state index is 0.0570. The summed E-state index contributed by atoms with van der Waals surface area (Å²) in [5, 5.41) is 13.5. The smallest absolute Gasteiger partial charge is 0.261 e. The highest BCUT2D eigenvalue weighted by atomic mass is 16.5. The fourth-order valence-electron chi connectivity index (χ4n) is 1.74. The zero-order valence-corrected chi connectivity index (χ0v) is 8.79. The normalized spacial score (nSPS) is 23.3. The van der Waals surface area contributed by atoms with Crippen molar-refractivity contribution in [2.45, 2.75) is 19.3 Å².